The molecule has 96 valence electrons. The van der Waals surface area contributed by atoms with E-state index in [-0.39, 0.29) is 0 Å². The van der Waals surface area contributed by atoms with Gasteiger partial charge in [0, 0.05) is 18.7 Å². The summed E-state index contributed by atoms with van der Waals surface area (Å²) in [5.41, 5.74) is 0. The van der Waals surface area contributed by atoms with Crippen LogP contribution >= 0.6 is 34.8 Å². The molecule has 0 radical (unpaired) electrons. The highest BCUT2D eigenvalue weighted by Crippen LogP contribution is 2.34. The number of hydrogen-bond acceptors (Lipinski definition) is 2. The van der Waals surface area contributed by atoms with Gasteiger partial charge in [-0.25, -0.2) is 0 Å². The first-order valence-electron chi connectivity index (χ1n) is 5.58. The second-order valence-electron chi connectivity index (χ2n) is 3.58. The first kappa shape index (κ1) is 14.9. The van der Waals surface area contributed by atoms with Gasteiger partial charge in [0.05, 0.1) is 15.1 Å². The van der Waals surface area contributed by atoms with E-state index >= 15 is 0 Å². The smallest absolute Gasteiger partial charge is 0.122 e. The number of likely N-dealkylation sites (N-methyl/N-ethyl adjacent to an activating group) is 1. The second kappa shape index (κ2) is 7.32. The largest absolute Gasteiger partial charge is 0.492 e. The fourth-order valence-electron chi connectivity index (χ4n) is 1.45. The van der Waals surface area contributed by atoms with Crippen LogP contribution in [0.4, 0.5) is 0 Å². The van der Waals surface area contributed by atoms with E-state index < -0.39 is 0 Å². The zero-order valence-electron chi connectivity index (χ0n) is 9.97. The molecule has 0 spiro atoms. The maximum absolute atomic E-state index is 5.91. The van der Waals surface area contributed by atoms with Gasteiger partial charge in [0.25, 0.3) is 0 Å². The number of rotatable bonds is 6. The molecule has 0 heterocycles. The number of hydrogen-bond donors (Lipinski definition) is 0. The lowest BCUT2D eigenvalue weighted by atomic mass is 10.3. The van der Waals surface area contributed by atoms with Crippen molar-refractivity contribution in [1.29, 1.82) is 0 Å². The van der Waals surface area contributed by atoms with Crippen molar-refractivity contribution in [2.24, 2.45) is 0 Å². The van der Waals surface area contributed by atoms with Gasteiger partial charge in [-0.1, -0.05) is 48.7 Å². The molecule has 0 atom stereocenters. The summed E-state index contributed by atoms with van der Waals surface area (Å²) >= 11 is 17.7. The van der Waals surface area contributed by atoms with Crippen molar-refractivity contribution in [2.75, 3.05) is 26.2 Å². The molecule has 0 saturated heterocycles. The van der Waals surface area contributed by atoms with E-state index in [2.05, 4.69) is 18.7 Å². The van der Waals surface area contributed by atoms with Gasteiger partial charge in [-0.2, -0.15) is 0 Å². The Morgan fingerprint density at radius 3 is 2.06 bits per heavy atom. The van der Waals surface area contributed by atoms with Crippen LogP contribution < -0.4 is 4.74 Å². The maximum Gasteiger partial charge on any atom is 0.122 e. The van der Waals surface area contributed by atoms with E-state index in [4.69, 9.17) is 39.5 Å². The summed E-state index contributed by atoms with van der Waals surface area (Å²) in [6, 6.07) is 3.36. The summed E-state index contributed by atoms with van der Waals surface area (Å²) in [4.78, 5) is 2.28. The summed E-state index contributed by atoms with van der Waals surface area (Å²) in [5.74, 6) is 0.650. The van der Waals surface area contributed by atoms with Crippen LogP contribution in [0.3, 0.4) is 0 Å². The minimum atomic E-state index is 0.365. The highest BCUT2D eigenvalue weighted by molar-refractivity contribution is 6.48. The molecule has 0 unspecified atom stereocenters. The van der Waals surface area contributed by atoms with Crippen LogP contribution in [0, 0.1) is 0 Å². The summed E-state index contributed by atoms with van der Waals surface area (Å²) in [6.45, 7) is 7.77. The Morgan fingerprint density at radius 1 is 1.06 bits per heavy atom. The molecule has 5 heteroatoms. The molecular formula is C12H16Cl3NO. The van der Waals surface area contributed by atoms with E-state index in [1.807, 2.05) is 0 Å². The van der Waals surface area contributed by atoms with Crippen LogP contribution in [0.2, 0.25) is 15.1 Å². The van der Waals surface area contributed by atoms with Gasteiger partial charge < -0.3 is 9.64 Å². The van der Waals surface area contributed by atoms with Crippen LogP contribution in [-0.4, -0.2) is 31.1 Å². The molecule has 0 aromatic heterocycles. The van der Waals surface area contributed by atoms with Crippen molar-refractivity contribution in [1.82, 2.24) is 4.90 Å². The molecule has 0 amide bonds. The van der Waals surface area contributed by atoms with Crippen molar-refractivity contribution < 1.29 is 4.74 Å². The predicted octanol–water partition coefficient (Wildman–Crippen LogP) is 4.37. The Hall–Kier alpha value is -0.150. The average molecular weight is 297 g/mol. The number of halogens is 3. The Bertz CT molecular complexity index is 344. The second-order valence-corrected chi connectivity index (χ2v) is 4.77. The van der Waals surface area contributed by atoms with Crippen LogP contribution in [0.1, 0.15) is 13.8 Å². The summed E-state index contributed by atoms with van der Waals surface area (Å²) in [7, 11) is 0. The Balaban J connectivity index is 2.52. The van der Waals surface area contributed by atoms with E-state index in [1.54, 1.807) is 12.1 Å². The third kappa shape index (κ3) is 4.55. The topological polar surface area (TPSA) is 12.5 Å². The van der Waals surface area contributed by atoms with Crippen molar-refractivity contribution in [3.05, 3.63) is 27.2 Å². The Kier molecular flexibility index (Phi) is 6.42. The van der Waals surface area contributed by atoms with Gasteiger partial charge in [-0.3, -0.25) is 0 Å². The normalized spacial score (nSPS) is 10.9. The highest BCUT2D eigenvalue weighted by atomic mass is 35.5. The Labute approximate surface area is 117 Å². The molecule has 0 saturated carbocycles. The molecule has 2 nitrogen and oxygen atoms in total. The van der Waals surface area contributed by atoms with Crippen molar-refractivity contribution in [3.8, 4) is 5.75 Å². The Morgan fingerprint density at radius 2 is 1.59 bits per heavy atom. The fourth-order valence-corrected chi connectivity index (χ4v) is 2.02. The predicted molar refractivity (Wildman–Crippen MR) is 74.8 cm³/mol. The lowest BCUT2D eigenvalue weighted by molar-refractivity contribution is 0.223. The quantitative estimate of drug-likeness (QED) is 0.723. The number of nitrogens with zero attached hydrogens (tertiary/aromatic N) is 1. The van der Waals surface area contributed by atoms with Gasteiger partial charge >= 0.3 is 0 Å². The monoisotopic (exact) mass is 295 g/mol. The maximum atomic E-state index is 5.91. The summed E-state index contributed by atoms with van der Waals surface area (Å²) in [5, 5.41) is 1.19. The lowest BCUT2D eigenvalue weighted by Gasteiger charge is -2.18. The van der Waals surface area contributed by atoms with Gasteiger partial charge in [0.2, 0.25) is 0 Å². The molecular weight excluding hydrogens is 280 g/mol. The van der Waals surface area contributed by atoms with Gasteiger partial charge in [-0.15, -0.1) is 0 Å². The SMILES string of the molecule is CCN(CC)CCOc1cc(Cl)c(Cl)c(Cl)c1. The van der Waals surface area contributed by atoms with Gasteiger partial charge in [-0.05, 0) is 13.1 Å². The average Bonchev–Trinajstić information content (AvgIpc) is 2.31. The number of benzene rings is 1. The molecule has 0 aliphatic heterocycles. The van der Waals surface area contributed by atoms with Crippen LogP contribution in [0.15, 0.2) is 12.1 Å². The van der Waals surface area contributed by atoms with Crippen molar-refractivity contribution >= 4 is 34.8 Å². The highest BCUT2D eigenvalue weighted by Gasteiger charge is 2.07. The molecule has 1 aromatic rings. The zero-order valence-corrected chi connectivity index (χ0v) is 12.2. The number of ether oxygens (including phenoxy) is 1. The van der Waals surface area contributed by atoms with E-state index in [9.17, 15) is 0 Å². The first-order chi connectivity index (χ1) is 8.08. The van der Waals surface area contributed by atoms with Gasteiger partial charge in [0.15, 0.2) is 0 Å². The molecule has 1 rings (SSSR count). The molecule has 17 heavy (non-hydrogen) atoms. The zero-order chi connectivity index (χ0) is 12.8. The van der Waals surface area contributed by atoms with Crippen LogP contribution in [-0.2, 0) is 0 Å². The standard InChI is InChI=1S/C12H16Cl3NO/c1-3-16(4-2)5-6-17-9-7-10(13)12(15)11(14)8-9/h7-8H,3-6H2,1-2H3. The van der Waals surface area contributed by atoms with E-state index in [0.29, 0.717) is 27.4 Å². The minimum absolute atomic E-state index is 0.365. The van der Waals surface area contributed by atoms with Crippen LogP contribution in [0.5, 0.6) is 5.75 Å². The van der Waals surface area contributed by atoms with E-state index in [0.717, 1.165) is 19.6 Å². The van der Waals surface area contributed by atoms with E-state index in [1.165, 1.54) is 0 Å². The van der Waals surface area contributed by atoms with Crippen molar-refractivity contribution in [2.45, 2.75) is 13.8 Å². The summed E-state index contributed by atoms with van der Waals surface area (Å²) in [6.07, 6.45) is 0. The molecule has 0 aliphatic rings. The molecule has 0 fully saturated rings. The molecule has 0 N–H and O–H groups in total. The minimum Gasteiger partial charge on any atom is -0.492 e. The fraction of sp³-hybridized carbons (Fsp3) is 0.500. The lowest BCUT2D eigenvalue weighted by Crippen LogP contribution is -2.27. The van der Waals surface area contributed by atoms with Gasteiger partial charge in [0.1, 0.15) is 12.4 Å². The molecule has 0 bridgehead atoms. The first-order valence-corrected chi connectivity index (χ1v) is 6.71. The summed E-state index contributed by atoms with van der Waals surface area (Å²) < 4.78 is 5.59. The third-order valence-electron chi connectivity index (χ3n) is 2.53. The van der Waals surface area contributed by atoms with Crippen molar-refractivity contribution in [3.63, 3.8) is 0 Å². The third-order valence-corrected chi connectivity index (χ3v) is 3.72. The molecule has 0 aliphatic carbocycles. The van der Waals surface area contributed by atoms with Crippen LogP contribution in [0.25, 0.3) is 0 Å². The molecule has 1 aromatic carbocycles.